The molecule has 2 aromatic carbocycles. The van der Waals surface area contributed by atoms with Crippen LogP contribution in [0.4, 0.5) is 4.39 Å². The van der Waals surface area contributed by atoms with Gasteiger partial charge < -0.3 is 23.8 Å². The van der Waals surface area contributed by atoms with Gasteiger partial charge >= 0.3 is 5.97 Å². The van der Waals surface area contributed by atoms with Crippen molar-refractivity contribution in [3.05, 3.63) is 59.5 Å². The molecule has 222 valence electrons. The Morgan fingerprint density at radius 1 is 1.05 bits per heavy atom. The Morgan fingerprint density at radius 2 is 1.76 bits per heavy atom. The third kappa shape index (κ3) is 8.97. The molecule has 0 saturated heterocycles. The average Bonchev–Trinajstić information content (AvgIpc) is 3.73. The number of ether oxygens (including phenoxy) is 3. The molecule has 0 amide bonds. The maximum Gasteiger partial charge on any atom is 0.303 e. The fourth-order valence-corrected chi connectivity index (χ4v) is 5.69. The first-order valence-electron chi connectivity index (χ1n) is 14.4. The van der Waals surface area contributed by atoms with E-state index in [1.807, 2.05) is 12.1 Å². The van der Waals surface area contributed by atoms with Crippen molar-refractivity contribution in [1.29, 1.82) is 0 Å². The summed E-state index contributed by atoms with van der Waals surface area (Å²) in [5.74, 6) is 0.270. The van der Waals surface area contributed by atoms with E-state index in [1.54, 1.807) is 24.3 Å². The molecule has 5 rings (SSSR count). The second-order valence-electron chi connectivity index (χ2n) is 12.7. The van der Waals surface area contributed by atoms with Crippen molar-refractivity contribution in [3.8, 4) is 28.6 Å². The Bertz CT molecular complexity index is 1310. The molecular formula is C33H42FNO6. The van der Waals surface area contributed by atoms with Gasteiger partial charge in [-0.15, -0.1) is 0 Å². The van der Waals surface area contributed by atoms with Crippen LogP contribution in [0.1, 0.15) is 83.9 Å². The standard InChI is InChI=1S/C30H36FNO6.C3H6/c1-29(2)15-22(16-30(3,4)18-29)37-28-25(17-36-21-8-6-7-19(13-21)9-12-26(33)34)32-38-27(28)23-14-20(35-5)10-11-24(23)31;1-2-3-1/h6-8,10-11,13-14,22H,9,12,15-18H2,1-5H3,(H,33,34);1-3H2. The highest BCUT2D eigenvalue weighted by Gasteiger charge is 2.40. The van der Waals surface area contributed by atoms with Crippen molar-refractivity contribution < 1.29 is 33.0 Å². The van der Waals surface area contributed by atoms with Crippen LogP contribution in [0.15, 0.2) is 47.0 Å². The van der Waals surface area contributed by atoms with E-state index in [0.717, 1.165) is 24.8 Å². The fourth-order valence-electron chi connectivity index (χ4n) is 5.69. The Kier molecular flexibility index (Phi) is 9.61. The highest BCUT2D eigenvalue weighted by atomic mass is 19.1. The number of carboxylic acids is 1. The van der Waals surface area contributed by atoms with Gasteiger partial charge in [0.25, 0.3) is 0 Å². The van der Waals surface area contributed by atoms with Crippen molar-refractivity contribution in [1.82, 2.24) is 5.16 Å². The summed E-state index contributed by atoms with van der Waals surface area (Å²) in [6.45, 7) is 8.99. The summed E-state index contributed by atoms with van der Waals surface area (Å²) < 4.78 is 38.5. The minimum Gasteiger partial charge on any atom is -0.497 e. The largest absolute Gasteiger partial charge is 0.497 e. The number of aryl methyl sites for hydroxylation is 1. The monoisotopic (exact) mass is 567 g/mol. The van der Waals surface area contributed by atoms with Crippen molar-refractivity contribution in [2.45, 2.75) is 91.8 Å². The summed E-state index contributed by atoms with van der Waals surface area (Å²) >= 11 is 0. The molecule has 0 bridgehead atoms. The third-order valence-corrected chi connectivity index (χ3v) is 7.19. The molecule has 2 aliphatic rings. The van der Waals surface area contributed by atoms with Gasteiger partial charge in [0.05, 0.1) is 12.7 Å². The lowest BCUT2D eigenvalue weighted by Gasteiger charge is -2.44. The van der Waals surface area contributed by atoms with Crippen LogP contribution in [-0.2, 0) is 17.8 Å². The average molecular weight is 568 g/mol. The molecule has 1 heterocycles. The smallest absolute Gasteiger partial charge is 0.303 e. The Balaban J connectivity index is 0.00000121. The van der Waals surface area contributed by atoms with Gasteiger partial charge in [0.1, 0.15) is 30.0 Å². The first kappa shape index (κ1) is 30.4. The van der Waals surface area contributed by atoms with Gasteiger partial charge in [-0.2, -0.15) is 0 Å². The number of benzene rings is 2. The zero-order chi connectivity index (χ0) is 29.6. The minimum absolute atomic E-state index is 0.0340. The van der Waals surface area contributed by atoms with Gasteiger partial charge in [0, 0.05) is 6.42 Å². The van der Waals surface area contributed by atoms with Gasteiger partial charge in [0.2, 0.25) is 5.76 Å². The number of carboxylic acid groups (broad SMARTS) is 1. The van der Waals surface area contributed by atoms with E-state index in [-0.39, 0.29) is 41.3 Å². The Hall–Kier alpha value is -3.55. The highest BCUT2D eigenvalue weighted by molar-refractivity contribution is 5.68. The molecule has 0 atom stereocenters. The van der Waals surface area contributed by atoms with Crippen molar-refractivity contribution in [2.75, 3.05) is 7.11 Å². The number of hydrogen-bond donors (Lipinski definition) is 1. The number of methoxy groups -OCH3 is 1. The molecule has 1 aromatic heterocycles. The first-order chi connectivity index (χ1) is 19.4. The highest BCUT2D eigenvalue weighted by Crippen LogP contribution is 2.48. The molecule has 2 fully saturated rings. The molecule has 0 radical (unpaired) electrons. The summed E-state index contributed by atoms with van der Waals surface area (Å²) in [6.07, 6.45) is 7.58. The lowest BCUT2D eigenvalue weighted by atomic mass is 9.64. The predicted molar refractivity (Wildman–Crippen MR) is 155 cm³/mol. The maximum atomic E-state index is 15.0. The second-order valence-corrected chi connectivity index (χ2v) is 12.7. The number of aliphatic carboxylic acids is 1. The van der Waals surface area contributed by atoms with Crippen LogP contribution >= 0.6 is 0 Å². The first-order valence-corrected chi connectivity index (χ1v) is 14.4. The van der Waals surface area contributed by atoms with Crippen molar-refractivity contribution >= 4 is 5.97 Å². The topological polar surface area (TPSA) is 91.0 Å². The molecule has 7 nitrogen and oxygen atoms in total. The lowest BCUT2D eigenvalue weighted by Crippen LogP contribution is -2.39. The number of nitrogens with zero attached hydrogens (tertiary/aromatic N) is 1. The zero-order valence-electron chi connectivity index (χ0n) is 24.8. The molecule has 3 aromatic rings. The molecule has 2 saturated carbocycles. The molecule has 8 heteroatoms. The van der Waals surface area contributed by atoms with Gasteiger partial charge in [-0.1, -0.05) is 64.2 Å². The molecule has 0 unspecified atom stereocenters. The Morgan fingerprint density at radius 3 is 2.39 bits per heavy atom. The Labute approximate surface area is 242 Å². The number of aromatic nitrogens is 1. The summed E-state index contributed by atoms with van der Waals surface area (Å²) in [5.41, 5.74) is 1.63. The van der Waals surface area contributed by atoms with Crippen molar-refractivity contribution in [3.63, 3.8) is 0 Å². The molecule has 41 heavy (non-hydrogen) atoms. The zero-order valence-corrected chi connectivity index (χ0v) is 24.8. The van der Waals surface area contributed by atoms with Crippen LogP contribution in [-0.4, -0.2) is 29.4 Å². The predicted octanol–water partition coefficient (Wildman–Crippen LogP) is 8.24. The SMILES string of the molecule is C1CC1.COc1ccc(F)c(-c2onc(COc3cccc(CCC(=O)O)c3)c2OC2CC(C)(C)CC(C)(C)C2)c1. The second kappa shape index (κ2) is 13.0. The van der Waals surface area contributed by atoms with Crippen LogP contribution in [0.25, 0.3) is 11.3 Å². The van der Waals surface area contributed by atoms with Crippen LogP contribution in [0.3, 0.4) is 0 Å². The fraction of sp³-hybridized carbons (Fsp3) is 0.515. The van der Waals surface area contributed by atoms with E-state index in [4.69, 9.17) is 23.8 Å². The van der Waals surface area contributed by atoms with E-state index in [1.165, 1.54) is 32.4 Å². The van der Waals surface area contributed by atoms with E-state index in [9.17, 15) is 9.18 Å². The number of halogens is 1. The van der Waals surface area contributed by atoms with Crippen LogP contribution in [0.2, 0.25) is 0 Å². The minimum atomic E-state index is -0.855. The molecular weight excluding hydrogens is 525 g/mol. The van der Waals surface area contributed by atoms with Crippen LogP contribution in [0, 0.1) is 16.6 Å². The number of carbonyl (C=O) groups is 1. The number of rotatable bonds is 10. The summed E-state index contributed by atoms with van der Waals surface area (Å²) in [4.78, 5) is 10.9. The van der Waals surface area contributed by atoms with E-state index in [0.29, 0.717) is 29.4 Å². The van der Waals surface area contributed by atoms with E-state index >= 15 is 0 Å². The summed E-state index contributed by atoms with van der Waals surface area (Å²) in [7, 11) is 1.52. The summed E-state index contributed by atoms with van der Waals surface area (Å²) in [6, 6.07) is 11.7. The summed E-state index contributed by atoms with van der Waals surface area (Å²) in [5, 5.41) is 13.2. The lowest BCUT2D eigenvalue weighted by molar-refractivity contribution is -0.136. The van der Waals surface area contributed by atoms with E-state index < -0.39 is 11.8 Å². The van der Waals surface area contributed by atoms with Crippen LogP contribution < -0.4 is 14.2 Å². The normalized spacial score (nSPS) is 17.2. The maximum absolute atomic E-state index is 15.0. The van der Waals surface area contributed by atoms with Crippen molar-refractivity contribution in [2.24, 2.45) is 10.8 Å². The molecule has 0 spiro atoms. The third-order valence-electron chi connectivity index (χ3n) is 7.19. The number of hydrogen-bond acceptors (Lipinski definition) is 6. The molecule has 2 aliphatic carbocycles. The molecule has 0 aliphatic heterocycles. The quantitative estimate of drug-likeness (QED) is 0.264. The van der Waals surface area contributed by atoms with Gasteiger partial charge in [-0.25, -0.2) is 4.39 Å². The van der Waals surface area contributed by atoms with Gasteiger partial charge in [0.15, 0.2) is 11.4 Å². The van der Waals surface area contributed by atoms with Gasteiger partial charge in [-0.05, 0) is 72.4 Å². The van der Waals surface area contributed by atoms with Gasteiger partial charge in [-0.3, -0.25) is 4.79 Å². The van der Waals surface area contributed by atoms with E-state index in [2.05, 4.69) is 32.9 Å². The van der Waals surface area contributed by atoms with Crippen LogP contribution in [0.5, 0.6) is 17.2 Å². The molecule has 1 N–H and O–H groups in total.